The van der Waals surface area contributed by atoms with Crippen molar-refractivity contribution in [2.75, 3.05) is 0 Å². The molecule has 0 amide bonds. The second-order valence-corrected chi connectivity index (χ2v) is 5.50. The monoisotopic (exact) mass is 320 g/mol. The van der Waals surface area contributed by atoms with Gasteiger partial charge in [-0.25, -0.2) is 4.39 Å². The number of carboxylic acids is 1. The van der Waals surface area contributed by atoms with Gasteiger partial charge in [0.25, 0.3) is 0 Å². The Labute approximate surface area is 112 Å². The molecule has 0 heterocycles. The second kappa shape index (κ2) is 4.94. The highest BCUT2D eigenvalue weighted by Crippen LogP contribution is 2.48. The molecule has 1 N–H and O–H groups in total. The number of aliphatic carboxylic acids is 1. The molecule has 2 rings (SSSR count). The van der Waals surface area contributed by atoms with Gasteiger partial charge in [0.2, 0.25) is 0 Å². The molecule has 0 aromatic heterocycles. The molecule has 17 heavy (non-hydrogen) atoms. The fraction of sp³-hybridized carbons (Fsp3) is 0.417. The summed E-state index contributed by atoms with van der Waals surface area (Å²) < 4.78 is 14.3. The molecular formula is C12H11BrClFO2. The van der Waals surface area contributed by atoms with Crippen LogP contribution in [0, 0.1) is 11.7 Å². The van der Waals surface area contributed by atoms with Crippen LogP contribution in [0.4, 0.5) is 4.39 Å². The molecule has 1 aromatic rings. The SMILES string of the molecule is O=C(O)CC(c1c(F)ccc(Cl)c1Br)C1CC1. The quantitative estimate of drug-likeness (QED) is 0.844. The van der Waals surface area contributed by atoms with Crippen LogP contribution >= 0.6 is 27.5 Å². The number of carbonyl (C=O) groups is 1. The van der Waals surface area contributed by atoms with E-state index in [1.807, 2.05) is 0 Å². The van der Waals surface area contributed by atoms with Crippen molar-refractivity contribution in [1.82, 2.24) is 0 Å². The highest BCUT2D eigenvalue weighted by molar-refractivity contribution is 9.10. The lowest BCUT2D eigenvalue weighted by Gasteiger charge is -2.17. The van der Waals surface area contributed by atoms with E-state index < -0.39 is 5.97 Å². The average molecular weight is 322 g/mol. The third-order valence-electron chi connectivity index (χ3n) is 3.04. The molecule has 1 atom stereocenters. The molecule has 1 aliphatic carbocycles. The Morgan fingerprint density at radius 1 is 1.59 bits per heavy atom. The largest absolute Gasteiger partial charge is 0.481 e. The lowest BCUT2D eigenvalue weighted by molar-refractivity contribution is -0.137. The topological polar surface area (TPSA) is 37.3 Å². The fourth-order valence-electron chi connectivity index (χ4n) is 2.07. The molecule has 1 aromatic carbocycles. The third kappa shape index (κ3) is 2.80. The Hall–Kier alpha value is -0.610. The first-order valence-electron chi connectivity index (χ1n) is 5.36. The van der Waals surface area contributed by atoms with E-state index in [0.717, 1.165) is 12.8 Å². The van der Waals surface area contributed by atoms with E-state index >= 15 is 0 Å². The summed E-state index contributed by atoms with van der Waals surface area (Å²) in [5, 5.41) is 9.32. The van der Waals surface area contributed by atoms with Crippen LogP contribution in [0.2, 0.25) is 5.02 Å². The van der Waals surface area contributed by atoms with Crippen molar-refractivity contribution in [2.45, 2.75) is 25.2 Å². The van der Waals surface area contributed by atoms with Gasteiger partial charge in [-0.3, -0.25) is 4.79 Å². The van der Waals surface area contributed by atoms with Crippen molar-refractivity contribution < 1.29 is 14.3 Å². The normalized spacial score (nSPS) is 16.9. The van der Waals surface area contributed by atoms with Gasteiger partial charge in [0, 0.05) is 16.0 Å². The Bertz CT molecular complexity index is 460. The number of rotatable bonds is 4. The van der Waals surface area contributed by atoms with Crippen LogP contribution in [0.15, 0.2) is 16.6 Å². The van der Waals surface area contributed by atoms with Gasteiger partial charge >= 0.3 is 5.97 Å². The van der Waals surface area contributed by atoms with E-state index in [-0.39, 0.29) is 24.1 Å². The van der Waals surface area contributed by atoms with Gasteiger partial charge in [-0.1, -0.05) is 11.6 Å². The lowest BCUT2D eigenvalue weighted by atomic mass is 9.90. The van der Waals surface area contributed by atoms with Crippen molar-refractivity contribution in [2.24, 2.45) is 5.92 Å². The molecule has 1 fully saturated rings. The molecule has 0 aliphatic heterocycles. The zero-order valence-electron chi connectivity index (χ0n) is 8.92. The summed E-state index contributed by atoms with van der Waals surface area (Å²) in [4.78, 5) is 10.9. The van der Waals surface area contributed by atoms with Crippen molar-refractivity contribution in [3.63, 3.8) is 0 Å². The first kappa shape index (κ1) is 12.8. The molecule has 0 bridgehead atoms. The lowest BCUT2D eigenvalue weighted by Crippen LogP contribution is -2.11. The van der Waals surface area contributed by atoms with E-state index in [1.165, 1.54) is 12.1 Å². The number of halogens is 3. The number of hydrogen-bond donors (Lipinski definition) is 1. The zero-order valence-corrected chi connectivity index (χ0v) is 11.3. The smallest absolute Gasteiger partial charge is 0.303 e. The zero-order chi connectivity index (χ0) is 12.6. The summed E-state index contributed by atoms with van der Waals surface area (Å²) in [5.41, 5.74) is 0.405. The van der Waals surface area contributed by atoms with Gasteiger partial charge in [0.15, 0.2) is 0 Å². The van der Waals surface area contributed by atoms with E-state index in [4.69, 9.17) is 16.7 Å². The van der Waals surface area contributed by atoms with E-state index in [2.05, 4.69) is 15.9 Å². The maximum atomic E-state index is 13.8. The molecule has 1 saturated carbocycles. The van der Waals surface area contributed by atoms with Gasteiger partial charge in [0.1, 0.15) is 5.82 Å². The molecule has 92 valence electrons. The third-order valence-corrected chi connectivity index (χ3v) is 4.43. The van der Waals surface area contributed by atoms with E-state index in [9.17, 15) is 9.18 Å². The highest BCUT2D eigenvalue weighted by atomic mass is 79.9. The molecule has 1 unspecified atom stereocenters. The van der Waals surface area contributed by atoms with E-state index in [0.29, 0.717) is 15.1 Å². The van der Waals surface area contributed by atoms with Gasteiger partial charge in [-0.2, -0.15) is 0 Å². The van der Waals surface area contributed by atoms with Crippen molar-refractivity contribution in [3.05, 3.63) is 33.0 Å². The van der Waals surface area contributed by atoms with Crippen LogP contribution in [0.3, 0.4) is 0 Å². The maximum absolute atomic E-state index is 13.8. The minimum Gasteiger partial charge on any atom is -0.481 e. The van der Waals surface area contributed by atoms with Crippen molar-refractivity contribution in [1.29, 1.82) is 0 Å². The molecule has 5 heteroatoms. The summed E-state index contributed by atoms with van der Waals surface area (Å²) >= 11 is 9.18. The van der Waals surface area contributed by atoms with Crippen LogP contribution in [-0.4, -0.2) is 11.1 Å². The molecule has 1 aliphatic rings. The summed E-state index contributed by atoms with van der Waals surface area (Å²) in [5.74, 6) is -1.33. The summed E-state index contributed by atoms with van der Waals surface area (Å²) in [7, 11) is 0. The minimum atomic E-state index is -0.909. The van der Waals surface area contributed by atoms with Gasteiger partial charge < -0.3 is 5.11 Å². The van der Waals surface area contributed by atoms with Gasteiger partial charge in [-0.05, 0) is 46.8 Å². The standard InChI is InChI=1S/C12H11BrClFO2/c13-12-8(14)3-4-9(15)11(12)7(5-10(16)17)6-1-2-6/h3-4,6-7H,1-2,5H2,(H,16,17). The first-order chi connectivity index (χ1) is 8.00. The van der Waals surface area contributed by atoms with Gasteiger partial charge in [-0.15, -0.1) is 0 Å². The molecule has 0 saturated heterocycles. The van der Waals surface area contributed by atoms with Crippen molar-refractivity contribution >= 4 is 33.5 Å². The molecule has 0 spiro atoms. The van der Waals surface area contributed by atoms with Gasteiger partial charge in [0.05, 0.1) is 11.4 Å². The Morgan fingerprint density at radius 3 is 2.76 bits per heavy atom. The van der Waals surface area contributed by atoms with Crippen LogP contribution in [0.1, 0.15) is 30.7 Å². The average Bonchev–Trinajstić information content (AvgIpc) is 3.06. The summed E-state index contributed by atoms with van der Waals surface area (Å²) in [6.07, 6.45) is 1.85. The van der Waals surface area contributed by atoms with E-state index in [1.54, 1.807) is 0 Å². The number of carboxylic acid groups (broad SMARTS) is 1. The summed E-state index contributed by atoms with van der Waals surface area (Å²) in [6.45, 7) is 0. The minimum absolute atomic E-state index is 0.0550. The predicted molar refractivity (Wildman–Crippen MR) is 66.8 cm³/mol. The van der Waals surface area contributed by atoms with Crippen LogP contribution < -0.4 is 0 Å². The first-order valence-corrected chi connectivity index (χ1v) is 6.53. The number of benzene rings is 1. The van der Waals surface area contributed by atoms with Crippen LogP contribution in [0.25, 0.3) is 0 Å². The predicted octanol–water partition coefficient (Wildman–Crippen LogP) is 4.21. The number of hydrogen-bond acceptors (Lipinski definition) is 1. The molecule has 2 nitrogen and oxygen atoms in total. The highest BCUT2D eigenvalue weighted by Gasteiger charge is 2.36. The van der Waals surface area contributed by atoms with Crippen molar-refractivity contribution in [3.8, 4) is 0 Å². The Kier molecular flexibility index (Phi) is 3.73. The maximum Gasteiger partial charge on any atom is 0.303 e. The van der Waals surface area contributed by atoms with Crippen LogP contribution in [-0.2, 0) is 4.79 Å². The Balaban J connectivity index is 2.41. The van der Waals surface area contributed by atoms with Crippen LogP contribution in [0.5, 0.6) is 0 Å². The second-order valence-electron chi connectivity index (χ2n) is 4.30. The molecule has 0 radical (unpaired) electrons. The fourth-order valence-corrected chi connectivity index (χ4v) is 2.85. The summed E-state index contributed by atoms with van der Waals surface area (Å²) in [6, 6.07) is 2.76. The Morgan fingerprint density at radius 2 is 2.24 bits per heavy atom. The molecular weight excluding hydrogens is 310 g/mol.